The van der Waals surface area contributed by atoms with Gasteiger partial charge in [-0.05, 0) is 74.0 Å². The predicted molar refractivity (Wildman–Crippen MR) is 94.1 cm³/mol. The van der Waals surface area contributed by atoms with E-state index in [-0.39, 0.29) is 11.9 Å². The van der Waals surface area contributed by atoms with Crippen molar-refractivity contribution in [2.45, 2.75) is 38.8 Å². The molecule has 1 N–H and O–H groups in total. The van der Waals surface area contributed by atoms with Gasteiger partial charge in [0.25, 0.3) is 5.91 Å². The zero-order valence-corrected chi connectivity index (χ0v) is 15.6. The van der Waals surface area contributed by atoms with E-state index in [1.165, 1.54) is 0 Å². The monoisotopic (exact) mass is 450 g/mol. The molecule has 110 valence electrons. The maximum atomic E-state index is 12.3. The first kappa shape index (κ1) is 16.2. The highest BCUT2D eigenvalue weighted by molar-refractivity contribution is 14.1. The van der Waals surface area contributed by atoms with E-state index in [0.29, 0.717) is 6.04 Å². The van der Waals surface area contributed by atoms with Gasteiger partial charge in [0.2, 0.25) is 0 Å². The van der Waals surface area contributed by atoms with E-state index in [0.717, 1.165) is 39.5 Å². The number of benzene rings is 1. The first-order valence-electron chi connectivity index (χ1n) is 6.96. The summed E-state index contributed by atoms with van der Waals surface area (Å²) >= 11 is 5.67. The fourth-order valence-corrected chi connectivity index (χ4v) is 4.14. The summed E-state index contributed by atoms with van der Waals surface area (Å²) in [6, 6.07) is 6.60. The summed E-state index contributed by atoms with van der Waals surface area (Å²) in [6.45, 7) is 6.51. The molecule has 20 heavy (non-hydrogen) atoms. The van der Waals surface area contributed by atoms with Crippen LogP contribution in [0.1, 0.15) is 37.0 Å². The molecule has 1 aromatic carbocycles. The third-order valence-electron chi connectivity index (χ3n) is 3.64. The van der Waals surface area contributed by atoms with Crippen LogP contribution in [-0.2, 0) is 0 Å². The van der Waals surface area contributed by atoms with E-state index in [1.807, 2.05) is 18.2 Å². The van der Waals surface area contributed by atoms with E-state index in [2.05, 4.69) is 62.6 Å². The van der Waals surface area contributed by atoms with Crippen LogP contribution in [0.15, 0.2) is 22.7 Å². The van der Waals surface area contributed by atoms with Gasteiger partial charge in [-0.3, -0.25) is 9.69 Å². The molecule has 1 aliphatic heterocycles. The minimum atomic E-state index is 0.0276. The van der Waals surface area contributed by atoms with Crippen molar-refractivity contribution in [3.05, 3.63) is 31.8 Å². The molecule has 0 unspecified atom stereocenters. The first-order chi connectivity index (χ1) is 9.45. The molecule has 0 aliphatic carbocycles. The van der Waals surface area contributed by atoms with Crippen molar-refractivity contribution >= 4 is 44.4 Å². The Labute approximate surface area is 142 Å². The van der Waals surface area contributed by atoms with E-state index >= 15 is 0 Å². The Balaban J connectivity index is 2.00. The number of piperidine rings is 1. The van der Waals surface area contributed by atoms with Crippen LogP contribution in [0.2, 0.25) is 0 Å². The lowest BCUT2D eigenvalue weighted by Crippen LogP contribution is -2.49. The largest absolute Gasteiger partial charge is 0.348 e. The summed E-state index contributed by atoms with van der Waals surface area (Å²) in [4.78, 5) is 14.8. The number of amides is 1. The lowest BCUT2D eigenvalue weighted by atomic mass is 10.0. The number of nitrogens with one attached hydrogen (secondary N) is 1. The first-order valence-corrected chi connectivity index (χ1v) is 8.84. The topological polar surface area (TPSA) is 32.3 Å². The van der Waals surface area contributed by atoms with Crippen molar-refractivity contribution in [1.82, 2.24) is 10.2 Å². The van der Waals surface area contributed by atoms with Crippen LogP contribution >= 0.6 is 38.5 Å². The summed E-state index contributed by atoms with van der Waals surface area (Å²) in [5.74, 6) is 0.0276. The summed E-state index contributed by atoms with van der Waals surface area (Å²) in [5, 5.41) is 3.17. The highest BCUT2D eigenvalue weighted by Gasteiger charge is 2.23. The SMILES string of the molecule is CC(C)N1CCC[C@@H](NC(=O)c2cc(Br)cc(I)c2)C1. The lowest BCUT2D eigenvalue weighted by molar-refractivity contribution is 0.0886. The van der Waals surface area contributed by atoms with Crippen molar-refractivity contribution in [3.8, 4) is 0 Å². The Morgan fingerprint density at radius 1 is 1.45 bits per heavy atom. The van der Waals surface area contributed by atoms with E-state index < -0.39 is 0 Å². The van der Waals surface area contributed by atoms with Gasteiger partial charge in [-0.25, -0.2) is 0 Å². The molecule has 1 heterocycles. The zero-order chi connectivity index (χ0) is 14.7. The Bertz CT molecular complexity index is 473. The molecule has 1 fully saturated rings. The fraction of sp³-hybridized carbons (Fsp3) is 0.533. The van der Waals surface area contributed by atoms with Crippen LogP contribution in [0.3, 0.4) is 0 Å². The second-order valence-electron chi connectivity index (χ2n) is 5.56. The van der Waals surface area contributed by atoms with Crippen molar-refractivity contribution < 1.29 is 4.79 Å². The average molecular weight is 451 g/mol. The molecular weight excluding hydrogens is 431 g/mol. The van der Waals surface area contributed by atoms with E-state index in [4.69, 9.17) is 0 Å². The smallest absolute Gasteiger partial charge is 0.251 e. The Morgan fingerprint density at radius 2 is 2.20 bits per heavy atom. The third-order valence-corrected chi connectivity index (χ3v) is 4.72. The Morgan fingerprint density at radius 3 is 2.85 bits per heavy atom. The Kier molecular flexibility index (Phi) is 5.86. The van der Waals surface area contributed by atoms with Gasteiger partial charge in [0.05, 0.1) is 0 Å². The standard InChI is InChI=1S/C15H20BrIN2O/c1-10(2)19-5-3-4-14(9-19)18-15(20)11-6-12(16)8-13(17)7-11/h6-8,10,14H,3-5,9H2,1-2H3,(H,18,20)/t14-/m1/s1. The number of nitrogens with zero attached hydrogens (tertiary/aromatic N) is 1. The molecule has 2 rings (SSSR count). The van der Waals surface area contributed by atoms with E-state index in [1.54, 1.807) is 0 Å². The molecular formula is C15H20BrIN2O. The Hall–Kier alpha value is -0.140. The second-order valence-corrected chi connectivity index (χ2v) is 7.72. The van der Waals surface area contributed by atoms with Crippen LogP contribution in [-0.4, -0.2) is 36.0 Å². The normalized spacial score (nSPS) is 20.1. The number of hydrogen-bond acceptors (Lipinski definition) is 2. The van der Waals surface area contributed by atoms with E-state index in [9.17, 15) is 4.79 Å². The minimum absolute atomic E-state index is 0.0276. The molecule has 0 bridgehead atoms. The quantitative estimate of drug-likeness (QED) is 0.712. The molecule has 0 radical (unpaired) electrons. The predicted octanol–water partition coefficient (Wildman–Crippen LogP) is 3.66. The third kappa shape index (κ3) is 4.43. The van der Waals surface area contributed by atoms with Gasteiger partial charge < -0.3 is 5.32 Å². The molecule has 1 aromatic rings. The van der Waals surface area contributed by atoms with Crippen molar-refractivity contribution in [2.24, 2.45) is 0 Å². The maximum Gasteiger partial charge on any atom is 0.251 e. The molecule has 1 saturated heterocycles. The van der Waals surface area contributed by atoms with Gasteiger partial charge in [0.15, 0.2) is 0 Å². The van der Waals surface area contributed by atoms with Gasteiger partial charge >= 0.3 is 0 Å². The summed E-state index contributed by atoms with van der Waals surface area (Å²) in [6.07, 6.45) is 2.22. The second kappa shape index (κ2) is 7.22. The molecule has 0 spiro atoms. The number of hydrogen-bond donors (Lipinski definition) is 1. The summed E-state index contributed by atoms with van der Waals surface area (Å²) in [5.41, 5.74) is 0.727. The van der Waals surface area contributed by atoms with Crippen molar-refractivity contribution in [3.63, 3.8) is 0 Å². The molecule has 0 saturated carbocycles. The van der Waals surface area contributed by atoms with Gasteiger partial charge in [0, 0.05) is 32.2 Å². The summed E-state index contributed by atoms with van der Waals surface area (Å²) < 4.78 is 2.01. The van der Waals surface area contributed by atoms with Crippen molar-refractivity contribution in [2.75, 3.05) is 13.1 Å². The van der Waals surface area contributed by atoms with Crippen LogP contribution in [0.25, 0.3) is 0 Å². The average Bonchev–Trinajstić information content (AvgIpc) is 2.37. The van der Waals surface area contributed by atoms with Crippen molar-refractivity contribution in [1.29, 1.82) is 0 Å². The number of rotatable bonds is 3. The van der Waals surface area contributed by atoms with Crippen LogP contribution in [0.4, 0.5) is 0 Å². The molecule has 0 aromatic heterocycles. The fourth-order valence-electron chi connectivity index (χ4n) is 2.55. The summed E-state index contributed by atoms with van der Waals surface area (Å²) in [7, 11) is 0. The highest BCUT2D eigenvalue weighted by atomic mass is 127. The number of halogens is 2. The number of carbonyl (C=O) groups is 1. The van der Waals surface area contributed by atoms with Gasteiger partial charge in [0.1, 0.15) is 0 Å². The number of likely N-dealkylation sites (tertiary alicyclic amines) is 1. The highest BCUT2D eigenvalue weighted by Crippen LogP contribution is 2.18. The molecule has 3 nitrogen and oxygen atoms in total. The molecule has 1 aliphatic rings. The molecule has 1 amide bonds. The van der Waals surface area contributed by atoms with Gasteiger partial charge in [-0.15, -0.1) is 0 Å². The van der Waals surface area contributed by atoms with Gasteiger partial charge in [-0.2, -0.15) is 0 Å². The molecule has 1 atom stereocenters. The maximum absolute atomic E-state index is 12.3. The van der Waals surface area contributed by atoms with Crippen LogP contribution in [0.5, 0.6) is 0 Å². The van der Waals surface area contributed by atoms with Crippen LogP contribution in [0, 0.1) is 3.57 Å². The molecule has 5 heteroatoms. The number of carbonyl (C=O) groups excluding carboxylic acids is 1. The lowest BCUT2D eigenvalue weighted by Gasteiger charge is -2.35. The zero-order valence-electron chi connectivity index (χ0n) is 11.8. The van der Waals surface area contributed by atoms with Crippen LogP contribution < -0.4 is 5.32 Å². The van der Waals surface area contributed by atoms with Gasteiger partial charge in [-0.1, -0.05) is 15.9 Å². The minimum Gasteiger partial charge on any atom is -0.348 e.